The fourth-order valence-corrected chi connectivity index (χ4v) is 3.10. The highest BCUT2D eigenvalue weighted by Crippen LogP contribution is 2.30. The molecule has 0 atom stereocenters. The van der Waals surface area contributed by atoms with Crippen molar-refractivity contribution < 1.29 is 4.39 Å². The number of hydrogen-bond donors (Lipinski definition) is 1. The summed E-state index contributed by atoms with van der Waals surface area (Å²) in [6, 6.07) is 6.56. The minimum absolute atomic E-state index is 0.210. The molecule has 0 unspecified atom stereocenters. The van der Waals surface area contributed by atoms with Crippen molar-refractivity contribution in [1.82, 2.24) is 4.98 Å². The van der Waals surface area contributed by atoms with Crippen LogP contribution in [0.25, 0.3) is 0 Å². The first-order valence-electron chi connectivity index (χ1n) is 6.66. The summed E-state index contributed by atoms with van der Waals surface area (Å²) in [5.74, 6) is 0.163. The van der Waals surface area contributed by atoms with Gasteiger partial charge in [0, 0.05) is 25.0 Å². The number of aromatic nitrogens is 1. The van der Waals surface area contributed by atoms with E-state index in [4.69, 9.17) is 5.73 Å². The van der Waals surface area contributed by atoms with E-state index in [1.807, 2.05) is 7.05 Å². The van der Waals surface area contributed by atoms with Crippen LogP contribution in [0.3, 0.4) is 0 Å². The van der Waals surface area contributed by atoms with Crippen molar-refractivity contribution in [3.05, 3.63) is 46.2 Å². The molecular formula is C15H20FN3S. The van der Waals surface area contributed by atoms with Crippen molar-refractivity contribution in [2.24, 2.45) is 5.73 Å². The van der Waals surface area contributed by atoms with Gasteiger partial charge in [-0.1, -0.05) is 26.0 Å². The van der Waals surface area contributed by atoms with Gasteiger partial charge >= 0.3 is 0 Å². The highest BCUT2D eigenvalue weighted by Gasteiger charge is 2.15. The molecule has 3 nitrogen and oxygen atoms in total. The van der Waals surface area contributed by atoms with E-state index in [1.54, 1.807) is 23.5 Å². The van der Waals surface area contributed by atoms with Crippen LogP contribution in [-0.4, -0.2) is 12.0 Å². The molecule has 1 aromatic heterocycles. The molecule has 1 aromatic carbocycles. The predicted molar refractivity (Wildman–Crippen MR) is 82.6 cm³/mol. The Labute approximate surface area is 123 Å². The highest BCUT2D eigenvalue weighted by atomic mass is 32.1. The molecule has 1 heterocycles. The van der Waals surface area contributed by atoms with Gasteiger partial charge in [0.15, 0.2) is 5.13 Å². The lowest BCUT2D eigenvalue weighted by Crippen LogP contribution is -2.16. The van der Waals surface area contributed by atoms with Gasteiger partial charge in [-0.15, -0.1) is 11.3 Å². The largest absolute Gasteiger partial charge is 0.347 e. The maximum absolute atomic E-state index is 12.9. The minimum atomic E-state index is -0.210. The Bertz CT molecular complexity index is 563. The minimum Gasteiger partial charge on any atom is -0.347 e. The number of nitrogens with zero attached hydrogens (tertiary/aromatic N) is 2. The number of rotatable bonds is 5. The van der Waals surface area contributed by atoms with Gasteiger partial charge in [0.1, 0.15) is 5.82 Å². The van der Waals surface area contributed by atoms with Crippen LogP contribution in [0.4, 0.5) is 9.52 Å². The van der Waals surface area contributed by atoms with E-state index in [9.17, 15) is 4.39 Å². The molecule has 5 heteroatoms. The number of halogens is 1. The molecule has 0 aliphatic rings. The zero-order valence-electron chi connectivity index (χ0n) is 12.1. The van der Waals surface area contributed by atoms with Gasteiger partial charge in [-0.05, 0) is 23.6 Å². The van der Waals surface area contributed by atoms with Crippen molar-refractivity contribution in [3.63, 3.8) is 0 Å². The van der Waals surface area contributed by atoms with Crippen LogP contribution in [0, 0.1) is 5.82 Å². The van der Waals surface area contributed by atoms with Crippen molar-refractivity contribution in [3.8, 4) is 0 Å². The molecule has 0 fully saturated rings. The van der Waals surface area contributed by atoms with E-state index in [0.29, 0.717) is 19.0 Å². The quantitative estimate of drug-likeness (QED) is 0.917. The molecule has 2 N–H and O–H groups in total. The van der Waals surface area contributed by atoms with Crippen LogP contribution in [0.15, 0.2) is 24.3 Å². The second-order valence-corrected chi connectivity index (χ2v) is 6.21. The fraction of sp³-hybridized carbons (Fsp3) is 0.400. The van der Waals surface area contributed by atoms with Crippen LogP contribution in [0.5, 0.6) is 0 Å². The Morgan fingerprint density at radius 2 is 1.95 bits per heavy atom. The summed E-state index contributed by atoms with van der Waals surface area (Å²) in [5.41, 5.74) is 7.92. The molecule has 0 spiro atoms. The maximum Gasteiger partial charge on any atom is 0.185 e. The standard InChI is InChI=1S/C15H20FN3S/c1-10(2)14-13(8-17)20-15(18-14)19(3)9-11-4-6-12(16)7-5-11/h4-7,10H,8-9,17H2,1-3H3. The second-order valence-electron chi connectivity index (χ2n) is 5.15. The zero-order valence-corrected chi connectivity index (χ0v) is 12.9. The molecule has 0 saturated carbocycles. The van der Waals surface area contributed by atoms with Crippen LogP contribution in [-0.2, 0) is 13.1 Å². The third-order valence-electron chi connectivity index (χ3n) is 3.11. The van der Waals surface area contributed by atoms with Crippen LogP contribution >= 0.6 is 11.3 Å². The molecule has 0 amide bonds. The van der Waals surface area contributed by atoms with Crippen molar-refractivity contribution in [2.75, 3.05) is 11.9 Å². The maximum atomic E-state index is 12.9. The molecule has 0 radical (unpaired) electrons. The first-order chi connectivity index (χ1) is 9.51. The van der Waals surface area contributed by atoms with Gasteiger partial charge in [-0.25, -0.2) is 9.37 Å². The van der Waals surface area contributed by atoms with Gasteiger partial charge in [0.25, 0.3) is 0 Å². The van der Waals surface area contributed by atoms with E-state index in [-0.39, 0.29) is 5.82 Å². The van der Waals surface area contributed by atoms with E-state index >= 15 is 0 Å². The second kappa shape index (κ2) is 6.33. The van der Waals surface area contributed by atoms with Crippen molar-refractivity contribution in [2.45, 2.75) is 32.9 Å². The molecule has 0 aliphatic carbocycles. The molecule has 20 heavy (non-hydrogen) atoms. The fourth-order valence-electron chi connectivity index (χ4n) is 2.04. The summed E-state index contributed by atoms with van der Waals surface area (Å²) >= 11 is 1.63. The first-order valence-corrected chi connectivity index (χ1v) is 7.48. The van der Waals surface area contributed by atoms with Crippen LogP contribution < -0.4 is 10.6 Å². The van der Waals surface area contributed by atoms with Gasteiger partial charge in [0.05, 0.1) is 5.69 Å². The van der Waals surface area contributed by atoms with E-state index in [1.165, 1.54) is 12.1 Å². The molecular weight excluding hydrogens is 273 g/mol. The van der Waals surface area contributed by atoms with E-state index in [0.717, 1.165) is 21.3 Å². The number of benzene rings is 1. The monoisotopic (exact) mass is 293 g/mol. The Balaban J connectivity index is 2.16. The van der Waals surface area contributed by atoms with E-state index < -0.39 is 0 Å². The van der Waals surface area contributed by atoms with Gasteiger partial charge in [-0.2, -0.15) is 0 Å². The molecule has 2 aromatic rings. The predicted octanol–water partition coefficient (Wildman–Crippen LogP) is 3.50. The number of hydrogen-bond acceptors (Lipinski definition) is 4. The van der Waals surface area contributed by atoms with Crippen molar-refractivity contribution in [1.29, 1.82) is 0 Å². The van der Waals surface area contributed by atoms with E-state index in [2.05, 4.69) is 23.7 Å². The van der Waals surface area contributed by atoms with Gasteiger partial charge in [0.2, 0.25) is 0 Å². The number of thiazole rings is 1. The van der Waals surface area contributed by atoms with Gasteiger partial charge < -0.3 is 10.6 Å². The first kappa shape index (κ1) is 14.9. The zero-order chi connectivity index (χ0) is 14.7. The van der Waals surface area contributed by atoms with Gasteiger partial charge in [-0.3, -0.25) is 0 Å². The highest BCUT2D eigenvalue weighted by molar-refractivity contribution is 7.15. The van der Waals surface area contributed by atoms with Crippen LogP contribution in [0.2, 0.25) is 0 Å². The smallest absolute Gasteiger partial charge is 0.185 e. The third kappa shape index (κ3) is 3.35. The lowest BCUT2D eigenvalue weighted by atomic mass is 10.1. The molecule has 108 valence electrons. The SMILES string of the molecule is CC(C)c1nc(N(C)Cc2ccc(F)cc2)sc1CN. The topological polar surface area (TPSA) is 42.2 Å². The molecule has 0 bridgehead atoms. The third-order valence-corrected chi connectivity index (χ3v) is 4.32. The molecule has 0 saturated heterocycles. The van der Waals surface area contributed by atoms with Crippen LogP contribution in [0.1, 0.15) is 35.9 Å². The Hall–Kier alpha value is -1.46. The Kier molecular flexibility index (Phi) is 4.73. The summed E-state index contributed by atoms with van der Waals surface area (Å²) in [7, 11) is 1.99. The molecule has 2 rings (SSSR count). The summed E-state index contributed by atoms with van der Waals surface area (Å²) in [4.78, 5) is 7.90. The summed E-state index contributed by atoms with van der Waals surface area (Å²) in [6.45, 7) is 5.47. The Morgan fingerprint density at radius 3 is 2.45 bits per heavy atom. The lowest BCUT2D eigenvalue weighted by Gasteiger charge is -2.15. The summed E-state index contributed by atoms with van der Waals surface area (Å²) in [6.07, 6.45) is 0. The van der Waals surface area contributed by atoms with Crippen molar-refractivity contribution >= 4 is 16.5 Å². The normalized spacial score (nSPS) is 11.1. The number of anilines is 1. The molecule has 0 aliphatic heterocycles. The summed E-state index contributed by atoms with van der Waals surface area (Å²) in [5, 5.41) is 0.957. The average Bonchev–Trinajstić information content (AvgIpc) is 2.86. The summed E-state index contributed by atoms with van der Waals surface area (Å²) < 4.78 is 12.9. The number of nitrogens with two attached hydrogens (primary N) is 1. The average molecular weight is 293 g/mol. The lowest BCUT2D eigenvalue weighted by molar-refractivity contribution is 0.627. The Morgan fingerprint density at radius 1 is 1.30 bits per heavy atom.